The van der Waals surface area contributed by atoms with Gasteiger partial charge in [-0.1, -0.05) is 18.2 Å². The van der Waals surface area contributed by atoms with Gasteiger partial charge in [-0.2, -0.15) is 0 Å². The zero-order chi connectivity index (χ0) is 19.5. The predicted molar refractivity (Wildman–Crippen MR) is 107 cm³/mol. The predicted octanol–water partition coefficient (Wildman–Crippen LogP) is 3.66. The Morgan fingerprint density at radius 2 is 1.93 bits per heavy atom. The Morgan fingerprint density at radius 3 is 2.68 bits per heavy atom. The molecule has 1 aliphatic rings. The van der Waals surface area contributed by atoms with Crippen LogP contribution in [0, 0.1) is 5.82 Å². The molecule has 1 aromatic heterocycles. The zero-order valence-corrected chi connectivity index (χ0v) is 16.0. The number of hydrogen-bond acceptors (Lipinski definition) is 3. The van der Waals surface area contributed by atoms with Crippen molar-refractivity contribution in [1.82, 2.24) is 14.8 Å². The molecule has 4 rings (SSSR count). The average Bonchev–Trinajstić information content (AvgIpc) is 3.03. The summed E-state index contributed by atoms with van der Waals surface area (Å²) < 4.78 is 19.1. The maximum atomic E-state index is 13.9. The van der Waals surface area contributed by atoms with Crippen LogP contribution in [0.3, 0.4) is 0 Å². The van der Waals surface area contributed by atoms with Crippen LogP contribution in [0.1, 0.15) is 22.5 Å². The number of rotatable bonds is 4. The topological polar surface area (TPSA) is 48.6 Å². The molecular weight excluding hydrogens is 357 g/mol. The van der Waals surface area contributed by atoms with Crippen LogP contribution in [0.25, 0.3) is 10.9 Å². The van der Waals surface area contributed by atoms with Crippen LogP contribution in [0.4, 0.5) is 4.39 Å². The van der Waals surface area contributed by atoms with Gasteiger partial charge < -0.3 is 14.6 Å². The van der Waals surface area contributed by atoms with Crippen molar-refractivity contribution in [2.45, 2.75) is 13.0 Å². The highest BCUT2D eigenvalue weighted by Crippen LogP contribution is 2.20. The summed E-state index contributed by atoms with van der Waals surface area (Å²) in [6.07, 6.45) is 0.913. The highest BCUT2D eigenvalue weighted by atomic mass is 19.1. The van der Waals surface area contributed by atoms with Crippen LogP contribution in [0.5, 0.6) is 5.75 Å². The van der Waals surface area contributed by atoms with Crippen LogP contribution >= 0.6 is 0 Å². The van der Waals surface area contributed by atoms with E-state index >= 15 is 0 Å². The first-order valence-corrected chi connectivity index (χ1v) is 9.56. The standard InChI is InChI=1S/C22H24FN3O2/c1-28-17-8-6-16(7-9-17)15-25-10-3-11-26(13-12-25)22(27)21-14-18-19(23)4-2-5-20(18)24-21/h2,4-9,14,24H,3,10-13,15H2,1H3. The Morgan fingerprint density at radius 1 is 1.11 bits per heavy atom. The number of hydrogen-bond donors (Lipinski definition) is 1. The summed E-state index contributed by atoms with van der Waals surface area (Å²) in [5.41, 5.74) is 2.33. The minimum atomic E-state index is -0.311. The van der Waals surface area contributed by atoms with Crippen LogP contribution in [-0.2, 0) is 6.54 Å². The molecule has 3 aromatic rings. The van der Waals surface area contributed by atoms with Gasteiger partial charge >= 0.3 is 0 Å². The maximum absolute atomic E-state index is 13.9. The molecule has 0 atom stereocenters. The maximum Gasteiger partial charge on any atom is 0.270 e. The van der Waals surface area contributed by atoms with Crippen LogP contribution in [0.2, 0.25) is 0 Å². The van der Waals surface area contributed by atoms with E-state index in [1.165, 1.54) is 11.6 Å². The van der Waals surface area contributed by atoms with E-state index in [4.69, 9.17) is 4.74 Å². The second-order valence-corrected chi connectivity index (χ2v) is 7.15. The number of ether oxygens (including phenoxy) is 1. The minimum Gasteiger partial charge on any atom is -0.497 e. The molecule has 1 N–H and O–H groups in total. The van der Waals surface area contributed by atoms with Gasteiger partial charge in [-0.05, 0) is 42.3 Å². The summed E-state index contributed by atoms with van der Waals surface area (Å²) in [7, 11) is 1.66. The van der Waals surface area contributed by atoms with Crippen molar-refractivity contribution >= 4 is 16.8 Å². The third-order valence-corrected chi connectivity index (χ3v) is 5.28. The van der Waals surface area contributed by atoms with Gasteiger partial charge in [0.25, 0.3) is 5.91 Å². The number of nitrogens with zero attached hydrogens (tertiary/aromatic N) is 2. The summed E-state index contributed by atoms with van der Waals surface area (Å²) in [4.78, 5) is 20.2. The minimum absolute atomic E-state index is 0.0677. The number of amides is 1. The van der Waals surface area contributed by atoms with E-state index in [0.29, 0.717) is 29.7 Å². The number of halogens is 1. The number of nitrogens with one attached hydrogen (secondary N) is 1. The van der Waals surface area contributed by atoms with Crippen LogP contribution in [0.15, 0.2) is 48.5 Å². The van der Waals surface area contributed by atoms with Gasteiger partial charge in [0.05, 0.1) is 7.11 Å². The summed E-state index contributed by atoms with van der Waals surface area (Å²) in [5.74, 6) is 0.474. The summed E-state index contributed by atoms with van der Waals surface area (Å²) in [6.45, 7) is 3.97. The SMILES string of the molecule is COc1ccc(CN2CCCN(C(=O)c3cc4c(F)cccc4[nH]3)CC2)cc1. The van der Waals surface area contributed by atoms with E-state index in [0.717, 1.165) is 31.8 Å². The van der Waals surface area contributed by atoms with Gasteiger partial charge in [0, 0.05) is 43.6 Å². The second-order valence-electron chi connectivity index (χ2n) is 7.15. The van der Waals surface area contributed by atoms with Crippen molar-refractivity contribution in [3.63, 3.8) is 0 Å². The molecule has 6 heteroatoms. The number of aromatic nitrogens is 1. The molecule has 0 radical (unpaired) electrons. The molecule has 0 bridgehead atoms. The van der Waals surface area contributed by atoms with Gasteiger partial charge in [0.1, 0.15) is 17.3 Å². The lowest BCUT2D eigenvalue weighted by Gasteiger charge is -2.21. The van der Waals surface area contributed by atoms with Crippen molar-refractivity contribution in [2.24, 2.45) is 0 Å². The normalized spacial score (nSPS) is 15.6. The molecular formula is C22H24FN3O2. The van der Waals surface area contributed by atoms with E-state index in [1.807, 2.05) is 17.0 Å². The first kappa shape index (κ1) is 18.5. The Labute approximate surface area is 163 Å². The Kier molecular flexibility index (Phi) is 5.30. The number of carbonyl (C=O) groups is 1. The van der Waals surface area contributed by atoms with Crippen LogP contribution < -0.4 is 4.74 Å². The molecule has 1 aliphatic heterocycles. The number of H-pyrrole nitrogens is 1. The number of carbonyl (C=O) groups excluding carboxylic acids is 1. The van der Waals surface area contributed by atoms with E-state index < -0.39 is 0 Å². The van der Waals surface area contributed by atoms with Gasteiger partial charge in [-0.25, -0.2) is 4.39 Å². The fourth-order valence-electron chi connectivity index (χ4n) is 3.73. The van der Waals surface area contributed by atoms with Gasteiger partial charge in [0.15, 0.2) is 0 Å². The molecule has 1 amide bonds. The van der Waals surface area contributed by atoms with Crippen molar-refractivity contribution in [1.29, 1.82) is 0 Å². The molecule has 0 spiro atoms. The monoisotopic (exact) mass is 381 g/mol. The average molecular weight is 381 g/mol. The molecule has 5 nitrogen and oxygen atoms in total. The third kappa shape index (κ3) is 3.87. The largest absolute Gasteiger partial charge is 0.497 e. The van der Waals surface area contributed by atoms with E-state index in [-0.39, 0.29) is 11.7 Å². The summed E-state index contributed by atoms with van der Waals surface area (Å²) in [6, 6.07) is 14.5. The number of aromatic amines is 1. The van der Waals surface area contributed by atoms with E-state index in [2.05, 4.69) is 22.0 Å². The second kappa shape index (κ2) is 8.02. The van der Waals surface area contributed by atoms with Gasteiger partial charge in [-0.3, -0.25) is 9.69 Å². The fraction of sp³-hybridized carbons (Fsp3) is 0.318. The molecule has 0 aliphatic carbocycles. The molecule has 2 heterocycles. The zero-order valence-electron chi connectivity index (χ0n) is 16.0. The molecule has 0 saturated carbocycles. The summed E-state index contributed by atoms with van der Waals surface area (Å²) >= 11 is 0. The lowest BCUT2D eigenvalue weighted by molar-refractivity contribution is 0.0756. The van der Waals surface area contributed by atoms with E-state index in [1.54, 1.807) is 25.3 Å². The molecule has 0 unspecified atom stereocenters. The quantitative estimate of drug-likeness (QED) is 0.750. The lowest BCUT2D eigenvalue weighted by atomic mass is 10.2. The molecule has 146 valence electrons. The lowest BCUT2D eigenvalue weighted by Crippen LogP contribution is -2.35. The molecule has 2 aromatic carbocycles. The Balaban J connectivity index is 1.41. The van der Waals surface area contributed by atoms with Crippen molar-refractivity contribution in [3.05, 3.63) is 65.6 Å². The molecule has 28 heavy (non-hydrogen) atoms. The first-order valence-electron chi connectivity index (χ1n) is 9.56. The number of methoxy groups -OCH3 is 1. The molecule has 1 fully saturated rings. The summed E-state index contributed by atoms with van der Waals surface area (Å²) in [5, 5.41) is 0.460. The highest BCUT2D eigenvalue weighted by molar-refractivity contribution is 5.98. The van der Waals surface area contributed by atoms with Crippen molar-refractivity contribution in [2.75, 3.05) is 33.3 Å². The highest BCUT2D eigenvalue weighted by Gasteiger charge is 2.22. The van der Waals surface area contributed by atoms with Crippen molar-refractivity contribution in [3.8, 4) is 5.75 Å². The first-order chi connectivity index (χ1) is 13.6. The smallest absolute Gasteiger partial charge is 0.270 e. The van der Waals surface area contributed by atoms with Crippen LogP contribution in [-0.4, -0.2) is 54.0 Å². The Bertz CT molecular complexity index is 968. The Hall–Kier alpha value is -2.86. The number of fused-ring (bicyclic) bond motifs is 1. The van der Waals surface area contributed by atoms with Gasteiger partial charge in [-0.15, -0.1) is 0 Å². The molecule has 1 saturated heterocycles. The third-order valence-electron chi connectivity index (χ3n) is 5.28. The fourth-order valence-corrected chi connectivity index (χ4v) is 3.73. The van der Waals surface area contributed by atoms with Crippen molar-refractivity contribution < 1.29 is 13.9 Å². The van der Waals surface area contributed by atoms with E-state index in [9.17, 15) is 9.18 Å². The number of benzene rings is 2. The van der Waals surface area contributed by atoms with Gasteiger partial charge in [0.2, 0.25) is 0 Å².